The van der Waals surface area contributed by atoms with Gasteiger partial charge in [-0.05, 0) is 38.1 Å². The van der Waals surface area contributed by atoms with Gasteiger partial charge >= 0.3 is 17.1 Å². The zero-order valence-electron chi connectivity index (χ0n) is 42.6. The largest absolute Gasteiger partial charge is 2.00 e. The molecule has 0 amide bonds. The Bertz CT molecular complexity index is 2890. The Morgan fingerprint density at radius 2 is 0.595 bits per heavy atom. The average Bonchev–Trinajstić information content (AvgIpc) is 4.30. The molecule has 0 saturated carbocycles. The molecule has 0 bridgehead atoms. The van der Waals surface area contributed by atoms with E-state index in [1.165, 1.54) is 6.92 Å². The van der Waals surface area contributed by atoms with E-state index in [9.17, 15) is 0 Å². The minimum Gasteiger partial charge on any atom is -0.382 e. The van der Waals surface area contributed by atoms with Gasteiger partial charge in [0.25, 0.3) is 0 Å². The molecule has 0 atom stereocenters. The van der Waals surface area contributed by atoms with Crippen molar-refractivity contribution in [2.75, 3.05) is 13.2 Å². The van der Waals surface area contributed by atoms with Gasteiger partial charge < -0.3 is 4.74 Å². The summed E-state index contributed by atoms with van der Waals surface area (Å²) in [5.41, 5.74) is 11.3. The zero-order chi connectivity index (χ0) is 56.2. The molecule has 0 fully saturated rings. The second-order valence-corrected chi connectivity index (χ2v) is 17.2. The molecule has 10 rings (SSSR count). The molecule has 0 aliphatic rings. The fourth-order valence-electron chi connectivity index (χ4n) is 6.75. The number of benzene rings is 4. The quantitative estimate of drug-likeness (QED) is 0.123. The van der Waals surface area contributed by atoms with E-state index >= 15 is 0 Å². The fourth-order valence-corrected chi connectivity index (χ4v) is 6.75. The third kappa shape index (κ3) is 24.9. The standard InChI is InChI=1S/2C23H19N7.C4H10O.C2H3N.2ClHO4.Fe/c2*1-3-8-18(9-4-1)22-16-29(27-25-22)14-20-12-7-13-21(24-20)15-30-17-23(26-28-30)19-10-5-2-6-11-19;1-3-5-4-2;1-2-3;2*2-1(3,4)5;/h2*1-13,16-17H,14-15H2;3-4H2,1-2H3;1H3;2*(H,2,3,4,5);/q;;;;;;+2/p-2. The van der Waals surface area contributed by atoms with Crippen LogP contribution >= 0.6 is 0 Å². The number of pyridine rings is 2. The maximum atomic E-state index is 8.49. The summed E-state index contributed by atoms with van der Waals surface area (Å²) in [5, 5.41) is 41.3. The third-order valence-electron chi connectivity index (χ3n) is 9.87. The van der Waals surface area contributed by atoms with Gasteiger partial charge in [-0.25, -0.2) is 56.0 Å². The Kier molecular flexibility index (Phi) is 26.8. The van der Waals surface area contributed by atoms with E-state index < -0.39 is 20.5 Å². The van der Waals surface area contributed by atoms with Crippen molar-refractivity contribution in [2.24, 2.45) is 0 Å². The van der Waals surface area contributed by atoms with Gasteiger partial charge in [-0.3, -0.25) is 9.97 Å². The van der Waals surface area contributed by atoms with Crippen molar-refractivity contribution in [3.05, 3.63) is 205 Å². The molecule has 0 radical (unpaired) electrons. The Hall–Kier alpha value is -8.03. The first-order valence-corrected chi connectivity index (χ1v) is 25.8. The van der Waals surface area contributed by atoms with Crippen molar-refractivity contribution in [2.45, 2.75) is 47.0 Å². The van der Waals surface area contributed by atoms with Crippen molar-refractivity contribution in [1.29, 1.82) is 5.26 Å². The maximum Gasteiger partial charge on any atom is 2.00 e. The molecule has 6 aromatic heterocycles. The van der Waals surface area contributed by atoms with Crippen LogP contribution in [0, 0.1) is 31.8 Å². The summed E-state index contributed by atoms with van der Waals surface area (Å²) in [4.78, 5) is 9.50. The molecule has 79 heavy (non-hydrogen) atoms. The summed E-state index contributed by atoms with van der Waals surface area (Å²) < 4.78 is 80.0. The van der Waals surface area contributed by atoms with E-state index in [1.807, 2.05) is 196 Å². The molecule has 0 aliphatic heterocycles. The number of hydrogen-bond acceptors (Lipinski definition) is 20. The summed E-state index contributed by atoms with van der Waals surface area (Å²) in [6.07, 6.45) is 7.75. The first kappa shape index (κ1) is 63.5. The summed E-state index contributed by atoms with van der Waals surface area (Å²) in [5.74, 6) is 0. The number of hydrogen-bond donors (Lipinski definition) is 0. The van der Waals surface area contributed by atoms with Gasteiger partial charge in [-0.15, -0.1) is 40.9 Å². The Morgan fingerprint density at radius 1 is 0.392 bits per heavy atom. The van der Waals surface area contributed by atoms with Crippen LogP contribution < -0.4 is 37.3 Å². The van der Waals surface area contributed by atoms with Crippen LogP contribution in [0.15, 0.2) is 183 Å². The fraction of sp³-hybridized carbons (Fsp3) is 0.173. The van der Waals surface area contributed by atoms with Crippen LogP contribution in [0.1, 0.15) is 43.5 Å². The maximum absolute atomic E-state index is 8.49. The predicted molar refractivity (Wildman–Crippen MR) is 260 cm³/mol. The van der Waals surface area contributed by atoms with Crippen LogP contribution in [0.3, 0.4) is 0 Å². The Labute approximate surface area is 469 Å². The summed E-state index contributed by atoms with van der Waals surface area (Å²) in [6, 6.07) is 53.8. The van der Waals surface area contributed by atoms with Crippen molar-refractivity contribution in [1.82, 2.24) is 69.9 Å². The van der Waals surface area contributed by atoms with Crippen LogP contribution in [0.4, 0.5) is 0 Å². The molecule has 410 valence electrons. The zero-order valence-corrected chi connectivity index (χ0v) is 45.2. The number of nitrogens with zero attached hydrogens (tertiary/aromatic N) is 15. The number of rotatable bonds is 14. The number of halogens is 2. The molecule has 0 aliphatic carbocycles. The van der Waals surface area contributed by atoms with Crippen molar-refractivity contribution < 1.29 is 79.6 Å². The van der Waals surface area contributed by atoms with Gasteiger partial charge in [0.2, 0.25) is 0 Å². The van der Waals surface area contributed by atoms with E-state index in [2.05, 4.69) is 41.2 Å². The van der Waals surface area contributed by atoms with Crippen LogP contribution in [0.2, 0.25) is 0 Å². The normalized spacial score (nSPS) is 10.5. The van der Waals surface area contributed by atoms with E-state index in [0.717, 1.165) is 81.0 Å². The second-order valence-electron chi connectivity index (χ2n) is 15.7. The summed E-state index contributed by atoms with van der Waals surface area (Å²) in [7, 11) is -9.89. The van der Waals surface area contributed by atoms with Gasteiger partial charge in [-0.2, -0.15) is 5.26 Å². The minimum atomic E-state index is -4.94. The number of nitriles is 1. The molecular weight excluding hydrogens is 1110 g/mol. The molecule has 0 saturated heterocycles. The average molecular weight is 1160 g/mol. The smallest absolute Gasteiger partial charge is 0.382 e. The van der Waals surface area contributed by atoms with Crippen LogP contribution in [0.5, 0.6) is 0 Å². The van der Waals surface area contributed by atoms with Crippen molar-refractivity contribution in [3.8, 4) is 51.1 Å². The van der Waals surface area contributed by atoms with Gasteiger partial charge in [0.15, 0.2) is 0 Å². The Morgan fingerprint density at radius 3 is 0.772 bits per heavy atom. The first-order chi connectivity index (χ1) is 37.5. The molecule has 0 N–H and O–H groups in total. The van der Waals surface area contributed by atoms with Crippen molar-refractivity contribution >= 4 is 0 Å². The Balaban J connectivity index is 0.000000259. The van der Waals surface area contributed by atoms with Gasteiger partial charge in [0.1, 0.15) is 22.8 Å². The molecule has 0 spiro atoms. The summed E-state index contributed by atoms with van der Waals surface area (Å²) >= 11 is 0. The van der Waals surface area contributed by atoms with E-state index in [-0.39, 0.29) is 17.1 Å². The molecular formula is C52H51Cl2FeN15O9. The second kappa shape index (κ2) is 33.3. The molecule has 6 heterocycles. The number of ether oxygens (including phenoxy) is 1. The van der Waals surface area contributed by atoms with E-state index in [1.54, 1.807) is 24.8 Å². The minimum absolute atomic E-state index is 0. The molecule has 10 aromatic rings. The summed E-state index contributed by atoms with van der Waals surface area (Å²) in [6.45, 7) is 9.32. The molecule has 24 nitrogen and oxygen atoms in total. The first-order valence-electron chi connectivity index (χ1n) is 23.3. The molecule has 27 heteroatoms. The van der Waals surface area contributed by atoms with Crippen LogP contribution in [-0.2, 0) is 48.0 Å². The van der Waals surface area contributed by atoms with Gasteiger partial charge in [0, 0.05) is 42.4 Å². The third-order valence-corrected chi connectivity index (χ3v) is 9.87. The van der Waals surface area contributed by atoms with E-state index in [0.29, 0.717) is 26.2 Å². The van der Waals surface area contributed by atoms with Crippen LogP contribution in [0.25, 0.3) is 45.0 Å². The molecule has 0 unspecified atom stereocenters. The van der Waals surface area contributed by atoms with E-state index in [4.69, 9.17) is 57.2 Å². The topological polar surface area (TPSA) is 366 Å². The molecule has 4 aromatic carbocycles. The predicted octanol–water partition coefficient (Wildman–Crippen LogP) is -0.551. The van der Waals surface area contributed by atoms with Crippen molar-refractivity contribution in [3.63, 3.8) is 0 Å². The monoisotopic (exact) mass is 1160 g/mol. The SMILES string of the molecule is CC#N.CCOCC.[Fe+2].[O-][Cl+3]([O-])([O-])[O-].[O-][Cl+3]([O-])([O-])[O-].c1ccc(-c2cn(Cc3cccc(Cn4cc(-c5ccccc5)nn4)n3)nn2)cc1.c1ccc(-c2cn(Cc3cccc(Cn4cc(-c5ccccc5)nn4)n3)nn2)cc1. The van der Waals surface area contributed by atoms with Gasteiger partial charge in [0.05, 0.1) is 79.8 Å². The van der Waals surface area contributed by atoms with Gasteiger partial charge in [-0.1, -0.05) is 154 Å². The number of aromatic nitrogens is 14. The van der Waals surface area contributed by atoms with Crippen LogP contribution in [-0.4, -0.2) is 83.2 Å².